The van der Waals surface area contributed by atoms with Gasteiger partial charge in [0.1, 0.15) is 0 Å². The molecule has 28 heavy (non-hydrogen) atoms. The van der Waals surface area contributed by atoms with Crippen LogP contribution in [0.2, 0.25) is 0 Å². The van der Waals surface area contributed by atoms with Gasteiger partial charge in [-0.3, -0.25) is 9.55 Å². The molecular formula is C22H17BrN4S. The molecule has 0 aliphatic heterocycles. The highest BCUT2D eigenvalue weighted by Crippen LogP contribution is 2.25. The van der Waals surface area contributed by atoms with Crippen molar-refractivity contribution in [3.05, 3.63) is 99.3 Å². The molecule has 0 amide bonds. The van der Waals surface area contributed by atoms with Crippen LogP contribution in [0.25, 0.3) is 16.9 Å². The maximum absolute atomic E-state index is 4.54. The van der Waals surface area contributed by atoms with E-state index in [1.54, 1.807) is 17.5 Å². The summed E-state index contributed by atoms with van der Waals surface area (Å²) >= 11 is 5.07. The molecule has 0 atom stereocenters. The molecule has 138 valence electrons. The van der Waals surface area contributed by atoms with Crippen molar-refractivity contribution in [3.63, 3.8) is 0 Å². The number of pyridine rings is 1. The quantitative estimate of drug-likeness (QED) is 0.292. The lowest BCUT2D eigenvalue weighted by molar-refractivity contribution is 0.969. The van der Waals surface area contributed by atoms with Gasteiger partial charge in [-0.15, -0.1) is 16.4 Å². The average molecular weight is 449 g/mol. The SMILES string of the molecule is C/C(=N\N=c1/scc(-c2ccc(Br)cc2)n1-c1ccccc1)c1ccccn1. The molecule has 0 saturated carbocycles. The largest absolute Gasteiger partial charge is 0.284 e. The molecule has 4 nitrogen and oxygen atoms in total. The van der Waals surface area contributed by atoms with E-state index in [0.29, 0.717) is 0 Å². The van der Waals surface area contributed by atoms with E-state index >= 15 is 0 Å². The molecule has 6 heteroatoms. The molecule has 0 radical (unpaired) electrons. The lowest BCUT2D eigenvalue weighted by Gasteiger charge is -2.09. The Balaban J connectivity index is 1.85. The molecule has 4 aromatic rings. The first kappa shape index (κ1) is 18.5. The summed E-state index contributed by atoms with van der Waals surface area (Å²) in [5.74, 6) is 0. The van der Waals surface area contributed by atoms with Gasteiger partial charge < -0.3 is 0 Å². The summed E-state index contributed by atoms with van der Waals surface area (Å²) in [7, 11) is 0. The Kier molecular flexibility index (Phi) is 5.60. The topological polar surface area (TPSA) is 42.5 Å². The van der Waals surface area contributed by atoms with Gasteiger partial charge >= 0.3 is 0 Å². The fourth-order valence-electron chi connectivity index (χ4n) is 2.78. The van der Waals surface area contributed by atoms with Crippen LogP contribution in [-0.4, -0.2) is 15.3 Å². The van der Waals surface area contributed by atoms with Gasteiger partial charge in [-0.25, -0.2) is 0 Å². The van der Waals surface area contributed by atoms with E-state index in [1.165, 1.54) is 0 Å². The summed E-state index contributed by atoms with van der Waals surface area (Å²) in [5, 5.41) is 11.1. The van der Waals surface area contributed by atoms with E-state index < -0.39 is 0 Å². The van der Waals surface area contributed by atoms with Gasteiger partial charge in [-0.1, -0.05) is 52.3 Å². The Labute approximate surface area is 175 Å². The van der Waals surface area contributed by atoms with Crippen LogP contribution in [0, 0.1) is 0 Å². The summed E-state index contributed by atoms with van der Waals surface area (Å²) in [6.45, 7) is 1.92. The molecule has 0 aliphatic carbocycles. The van der Waals surface area contributed by atoms with Crippen molar-refractivity contribution in [1.29, 1.82) is 0 Å². The number of hydrogen-bond donors (Lipinski definition) is 0. The first-order valence-electron chi connectivity index (χ1n) is 8.74. The van der Waals surface area contributed by atoms with E-state index in [0.717, 1.165) is 37.6 Å². The van der Waals surface area contributed by atoms with E-state index in [2.05, 4.69) is 65.3 Å². The first-order valence-corrected chi connectivity index (χ1v) is 10.4. The Bertz CT molecular complexity index is 1160. The van der Waals surface area contributed by atoms with Crippen LogP contribution in [0.4, 0.5) is 0 Å². The smallest absolute Gasteiger partial charge is 0.215 e. The Morgan fingerprint density at radius 2 is 1.71 bits per heavy atom. The molecule has 0 fully saturated rings. The number of para-hydroxylation sites is 1. The zero-order valence-electron chi connectivity index (χ0n) is 15.2. The van der Waals surface area contributed by atoms with Crippen LogP contribution in [0.5, 0.6) is 0 Å². The van der Waals surface area contributed by atoms with Crippen molar-refractivity contribution in [3.8, 4) is 16.9 Å². The summed E-state index contributed by atoms with van der Waals surface area (Å²) < 4.78 is 3.18. The summed E-state index contributed by atoms with van der Waals surface area (Å²) in [5.41, 5.74) is 4.84. The van der Waals surface area contributed by atoms with Crippen molar-refractivity contribution in [2.24, 2.45) is 10.2 Å². The van der Waals surface area contributed by atoms with Crippen molar-refractivity contribution < 1.29 is 0 Å². The van der Waals surface area contributed by atoms with Crippen LogP contribution in [-0.2, 0) is 0 Å². The summed E-state index contributed by atoms with van der Waals surface area (Å²) in [4.78, 5) is 5.14. The normalized spacial score (nSPS) is 12.4. The third-order valence-electron chi connectivity index (χ3n) is 4.18. The highest BCUT2D eigenvalue weighted by Gasteiger charge is 2.10. The third-order valence-corrected chi connectivity index (χ3v) is 5.53. The molecule has 0 N–H and O–H groups in total. The fraction of sp³-hybridized carbons (Fsp3) is 0.0455. The van der Waals surface area contributed by atoms with Crippen molar-refractivity contribution in [1.82, 2.24) is 9.55 Å². The van der Waals surface area contributed by atoms with Gasteiger partial charge in [0.2, 0.25) is 4.80 Å². The van der Waals surface area contributed by atoms with E-state index in [-0.39, 0.29) is 0 Å². The van der Waals surface area contributed by atoms with Gasteiger partial charge in [0.25, 0.3) is 0 Å². The second-order valence-electron chi connectivity index (χ2n) is 6.08. The minimum absolute atomic E-state index is 0.777. The number of benzene rings is 2. The molecule has 2 aromatic heterocycles. The zero-order valence-corrected chi connectivity index (χ0v) is 17.6. The van der Waals surface area contributed by atoms with Gasteiger partial charge in [0.05, 0.1) is 17.1 Å². The lowest BCUT2D eigenvalue weighted by Crippen LogP contribution is -2.13. The second-order valence-corrected chi connectivity index (χ2v) is 7.83. The first-order chi connectivity index (χ1) is 13.7. The highest BCUT2D eigenvalue weighted by molar-refractivity contribution is 9.10. The number of hydrogen-bond acceptors (Lipinski definition) is 4. The minimum atomic E-state index is 0.777. The van der Waals surface area contributed by atoms with Crippen LogP contribution < -0.4 is 4.80 Å². The minimum Gasteiger partial charge on any atom is -0.284 e. The van der Waals surface area contributed by atoms with Crippen LogP contribution in [0.15, 0.2) is 99.0 Å². The maximum atomic E-state index is 4.54. The van der Waals surface area contributed by atoms with E-state index in [1.807, 2.05) is 55.5 Å². The Morgan fingerprint density at radius 3 is 2.43 bits per heavy atom. The molecule has 0 saturated heterocycles. The molecular weight excluding hydrogens is 432 g/mol. The van der Waals surface area contributed by atoms with E-state index in [4.69, 9.17) is 0 Å². The predicted octanol–water partition coefficient (Wildman–Crippen LogP) is 5.69. The third kappa shape index (κ3) is 4.03. The van der Waals surface area contributed by atoms with Crippen molar-refractivity contribution >= 4 is 33.0 Å². The number of halogens is 1. The molecule has 0 bridgehead atoms. The highest BCUT2D eigenvalue weighted by atomic mass is 79.9. The maximum Gasteiger partial charge on any atom is 0.215 e. The van der Waals surface area contributed by atoms with Gasteiger partial charge in [-0.05, 0) is 48.9 Å². The van der Waals surface area contributed by atoms with Gasteiger partial charge in [0, 0.05) is 21.7 Å². The number of thiazole rings is 1. The fourth-order valence-corrected chi connectivity index (χ4v) is 3.90. The molecule has 0 aliphatic rings. The Morgan fingerprint density at radius 1 is 0.964 bits per heavy atom. The molecule has 0 unspecified atom stereocenters. The number of nitrogens with zero attached hydrogens (tertiary/aromatic N) is 4. The van der Waals surface area contributed by atoms with Crippen molar-refractivity contribution in [2.45, 2.75) is 6.92 Å². The lowest BCUT2D eigenvalue weighted by atomic mass is 10.1. The van der Waals surface area contributed by atoms with Crippen molar-refractivity contribution in [2.75, 3.05) is 0 Å². The zero-order chi connectivity index (χ0) is 19.3. The van der Waals surface area contributed by atoms with Crippen LogP contribution in [0.1, 0.15) is 12.6 Å². The summed E-state index contributed by atoms with van der Waals surface area (Å²) in [6.07, 6.45) is 1.76. The molecule has 2 heterocycles. The predicted molar refractivity (Wildman–Crippen MR) is 119 cm³/mol. The standard InChI is InChI=1S/C22H17BrN4S/c1-16(20-9-5-6-14-24-20)25-26-22-27(19-7-3-2-4-8-19)21(15-28-22)17-10-12-18(23)13-11-17/h2-15H,1H3/b25-16+,26-22-. The second kappa shape index (κ2) is 8.46. The van der Waals surface area contributed by atoms with Gasteiger partial charge in [0.15, 0.2) is 0 Å². The number of aromatic nitrogens is 2. The van der Waals surface area contributed by atoms with Gasteiger partial charge in [-0.2, -0.15) is 5.10 Å². The summed E-state index contributed by atoms with van der Waals surface area (Å²) in [6, 6.07) is 24.3. The molecule has 4 rings (SSSR count). The number of rotatable bonds is 4. The van der Waals surface area contributed by atoms with Crippen LogP contribution >= 0.6 is 27.3 Å². The van der Waals surface area contributed by atoms with E-state index in [9.17, 15) is 0 Å². The van der Waals surface area contributed by atoms with Crippen LogP contribution in [0.3, 0.4) is 0 Å². The monoisotopic (exact) mass is 448 g/mol. The Hall–Kier alpha value is -2.83. The average Bonchev–Trinajstić information content (AvgIpc) is 3.17. The molecule has 0 spiro atoms. The molecule has 2 aromatic carbocycles.